The van der Waals surface area contributed by atoms with Crippen LogP contribution in [-0.4, -0.2) is 21.6 Å². The average molecular weight is 483 g/mol. The summed E-state index contributed by atoms with van der Waals surface area (Å²) < 4.78 is 43.9. The first-order valence-electron chi connectivity index (χ1n) is 11.6. The summed E-state index contributed by atoms with van der Waals surface area (Å²) in [6.45, 7) is 0.688. The smallest absolute Gasteiger partial charge is 0.336 e. The Bertz CT molecular complexity index is 1320. The standard InChI is InChI=1S/C27H25F3N2O3/c1-26(29,30)17-5-8-22(23(28)13-17)27(10-11-27)25(35)31-18-6-7-20(21(14-18)24(33)34)16-9-12-32(15-16)19-3-2-4-19/h5-9,12-15,19H,2-4,10-11H2,1H3,(H,31,35)(H,33,34). The van der Waals surface area contributed by atoms with Gasteiger partial charge in [0.05, 0.1) is 11.0 Å². The summed E-state index contributed by atoms with van der Waals surface area (Å²) in [5.41, 5.74) is 0.0849. The number of amides is 1. The van der Waals surface area contributed by atoms with E-state index in [1.54, 1.807) is 12.1 Å². The van der Waals surface area contributed by atoms with Crippen LogP contribution in [0.2, 0.25) is 0 Å². The number of carboxylic acids is 1. The number of benzene rings is 2. The molecule has 5 nitrogen and oxygen atoms in total. The maximum Gasteiger partial charge on any atom is 0.336 e. The maximum absolute atomic E-state index is 14.7. The number of rotatable bonds is 7. The Balaban J connectivity index is 1.39. The molecule has 5 rings (SSSR count). The highest BCUT2D eigenvalue weighted by Crippen LogP contribution is 2.50. The Morgan fingerprint density at radius 1 is 1.11 bits per heavy atom. The van der Waals surface area contributed by atoms with E-state index in [0.717, 1.165) is 30.5 Å². The largest absolute Gasteiger partial charge is 0.478 e. The number of aromatic nitrogens is 1. The highest BCUT2D eigenvalue weighted by molar-refractivity contribution is 6.03. The number of anilines is 1. The fourth-order valence-corrected chi connectivity index (χ4v) is 4.71. The summed E-state index contributed by atoms with van der Waals surface area (Å²) >= 11 is 0. The molecule has 1 aromatic heterocycles. The fourth-order valence-electron chi connectivity index (χ4n) is 4.71. The molecule has 2 fully saturated rings. The second-order valence-electron chi connectivity index (χ2n) is 9.62. The quantitative estimate of drug-likeness (QED) is 0.404. The highest BCUT2D eigenvalue weighted by Gasteiger charge is 2.53. The van der Waals surface area contributed by atoms with E-state index in [-0.39, 0.29) is 16.8 Å². The number of carbonyl (C=O) groups excluding carboxylic acids is 1. The molecule has 35 heavy (non-hydrogen) atoms. The molecule has 2 saturated carbocycles. The predicted molar refractivity (Wildman–Crippen MR) is 125 cm³/mol. The van der Waals surface area contributed by atoms with Crippen molar-refractivity contribution in [3.63, 3.8) is 0 Å². The van der Waals surface area contributed by atoms with E-state index in [4.69, 9.17) is 0 Å². The van der Waals surface area contributed by atoms with E-state index in [2.05, 4.69) is 9.88 Å². The van der Waals surface area contributed by atoms with Gasteiger partial charge in [0.15, 0.2) is 0 Å². The molecule has 0 bridgehead atoms. The van der Waals surface area contributed by atoms with Crippen LogP contribution in [0.25, 0.3) is 11.1 Å². The van der Waals surface area contributed by atoms with Crippen molar-refractivity contribution in [2.45, 2.75) is 56.4 Å². The molecule has 2 aliphatic carbocycles. The molecular formula is C27H25F3N2O3. The third-order valence-electron chi connectivity index (χ3n) is 7.21. The van der Waals surface area contributed by atoms with Gasteiger partial charge in [-0.2, -0.15) is 0 Å². The van der Waals surface area contributed by atoms with E-state index < -0.39 is 34.6 Å². The molecule has 0 aliphatic heterocycles. The third kappa shape index (κ3) is 4.22. The molecule has 3 aromatic rings. The summed E-state index contributed by atoms with van der Waals surface area (Å²) in [4.78, 5) is 25.1. The molecule has 8 heteroatoms. The number of carbonyl (C=O) groups is 2. The Labute approximate surface area is 200 Å². The number of nitrogens with one attached hydrogen (secondary N) is 1. The SMILES string of the molecule is CC(F)(F)c1ccc(C2(C(=O)Nc3ccc(-c4ccn(C5CCC5)c4)c(C(=O)O)c3)CC2)c(F)c1. The minimum Gasteiger partial charge on any atom is -0.478 e. The predicted octanol–water partition coefficient (Wildman–Crippen LogP) is 6.50. The van der Waals surface area contributed by atoms with Crippen molar-refractivity contribution in [3.8, 4) is 11.1 Å². The monoisotopic (exact) mass is 482 g/mol. The molecule has 2 aromatic carbocycles. The van der Waals surface area contributed by atoms with Crippen LogP contribution >= 0.6 is 0 Å². The molecule has 1 heterocycles. The number of halogens is 3. The zero-order chi connectivity index (χ0) is 25.0. The van der Waals surface area contributed by atoms with Crippen LogP contribution in [-0.2, 0) is 16.1 Å². The second-order valence-corrected chi connectivity index (χ2v) is 9.62. The number of aromatic carboxylic acids is 1. The van der Waals surface area contributed by atoms with E-state index in [1.807, 2.05) is 18.5 Å². The van der Waals surface area contributed by atoms with Crippen molar-refractivity contribution < 1.29 is 27.9 Å². The van der Waals surface area contributed by atoms with Crippen molar-refractivity contribution in [1.82, 2.24) is 4.57 Å². The Morgan fingerprint density at radius 3 is 2.43 bits per heavy atom. The van der Waals surface area contributed by atoms with Crippen LogP contribution in [0.1, 0.15) is 66.6 Å². The van der Waals surface area contributed by atoms with Gasteiger partial charge in [-0.05, 0) is 61.9 Å². The van der Waals surface area contributed by atoms with Crippen LogP contribution in [0.3, 0.4) is 0 Å². The topological polar surface area (TPSA) is 71.3 Å². The van der Waals surface area contributed by atoms with Crippen LogP contribution in [0.4, 0.5) is 18.9 Å². The summed E-state index contributed by atoms with van der Waals surface area (Å²) in [6, 6.07) is 10.1. The Kier molecular flexibility index (Phi) is 5.49. The zero-order valence-corrected chi connectivity index (χ0v) is 19.2. The lowest BCUT2D eigenvalue weighted by Gasteiger charge is -2.27. The number of carboxylic acid groups (broad SMARTS) is 1. The fraction of sp³-hybridized carbons (Fsp3) is 0.333. The van der Waals surface area contributed by atoms with Crippen LogP contribution in [0.5, 0.6) is 0 Å². The van der Waals surface area contributed by atoms with Gasteiger partial charge in [0.25, 0.3) is 5.92 Å². The van der Waals surface area contributed by atoms with E-state index in [0.29, 0.717) is 31.4 Å². The van der Waals surface area contributed by atoms with E-state index in [1.165, 1.54) is 18.6 Å². The van der Waals surface area contributed by atoms with Gasteiger partial charge in [-0.15, -0.1) is 0 Å². The average Bonchev–Trinajstić information content (AvgIpc) is 3.43. The number of hydrogen-bond donors (Lipinski definition) is 2. The molecule has 1 amide bonds. The maximum atomic E-state index is 14.7. The van der Waals surface area contributed by atoms with Gasteiger partial charge in [-0.1, -0.05) is 18.2 Å². The lowest BCUT2D eigenvalue weighted by molar-refractivity contribution is -0.118. The van der Waals surface area contributed by atoms with E-state index in [9.17, 15) is 27.9 Å². The van der Waals surface area contributed by atoms with Gasteiger partial charge in [-0.3, -0.25) is 4.79 Å². The van der Waals surface area contributed by atoms with Gasteiger partial charge in [0, 0.05) is 47.7 Å². The van der Waals surface area contributed by atoms with Crippen LogP contribution in [0, 0.1) is 5.82 Å². The lowest BCUT2D eigenvalue weighted by atomic mass is 9.92. The van der Waals surface area contributed by atoms with Gasteiger partial charge >= 0.3 is 5.97 Å². The first-order valence-corrected chi connectivity index (χ1v) is 11.6. The van der Waals surface area contributed by atoms with Crippen molar-refractivity contribution >= 4 is 17.6 Å². The van der Waals surface area contributed by atoms with Gasteiger partial charge < -0.3 is 15.0 Å². The first kappa shape index (κ1) is 23.2. The Morgan fingerprint density at radius 2 is 1.86 bits per heavy atom. The van der Waals surface area contributed by atoms with Gasteiger partial charge in [-0.25, -0.2) is 18.0 Å². The van der Waals surface area contributed by atoms with E-state index >= 15 is 0 Å². The molecule has 0 unspecified atom stereocenters. The molecule has 2 N–H and O–H groups in total. The molecule has 182 valence electrons. The molecule has 0 radical (unpaired) electrons. The normalized spacial score (nSPS) is 17.0. The summed E-state index contributed by atoms with van der Waals surface area (Å²) in [5, 5.41) is 12.5. The number of alkyl halides is 2. The second kappa shape index (κ2) is 8.29. The molecule has 0 saturated heterocycles. The van der Waals surface area contributed by atoms with Gasteiger partial charge in [0.1, 0.15) is 5.82 Å². The molecular weight excluding hydrogens is 457 g/mol. The molecule has 0 atom stereocenters. The minimum atomic E-state index is -3.19. The van der Waals surface area contributed by atoms with Crippen molar-refractivity contribution in [2.75, 3.05) is 5.32 Å². The molecule has 0 spiro atoms. The first-order chi connectivity index (χ1) is 16.6. The van der Waals surface area contributed by atoms with Crippen molar-refractivity contribution in [2.24, 2.45) is 0 Å². The third-order valence-corrected chi connectivity index (χ3v) is 7.21. The highest BCUT2D eigenvalue weighted by atomic mass is 19.3. The Hall–Kier alpha value is -3.55. The van der Waals surface area contributed by atoms with Crippen molar-refractivity contribution in [3.05, 3.63) is 77.4 Å². The summed E-state index contributed by atoms with van der Waals surface area (Å²) in [6.07, 6.45) is 8.04. The van der Waals surface area contributed by atoms with Gasteiger partial charge in [0.2, 0.25) is 5.91 Å². The number of hydrogen-bond acceptors (Lipinski definition) is 2. The summed E-state index contributed by atoms with van der Waals surface area (Å²) in [7, 11) is 0. The molecule has 2 aliphatic rings. The lowest BCUT2D eigenvalue weighted by Crippen LogP contribution is -2.29. The van der Waals surface area contributed by atoms with Crippen LogP contribution in [0.15, 0.2) is 54.9 Å². The minimum absolute atomic E-state index is 0.0414. The number of nitrogens with zero attached hydrogens (tertiary/aromatic N) is 1. The van der Waals surface area contributed by atoms with Crippen molar-refractivity contribution in [1.29, 1.82) is 0 Å². The zero-order valence-electron chi connectivity index (χ0n) is 19.2. The van der Waals surface area contributed by atoms with Crippen LogP contribution < -0.4 is 5.32 Å². The summed E-state index contributed by atoms with van der Waals surface area (Å²) in [5.74, 6) is -5.66.